The van der Waals surface area contributed by atoms with Gasteiger partial charge < -0.3 is 15.6 Å². The molecule has 0 bridgehead atoms. The molecule has 1 amide bonds. The van der Waals surface area contributed by atoms with Crippen LogP contribution in [-0.2, 0) is 0 Å². The second-order valence-corrected chi connectivity index (χ2v) is 5.12. The monoisotopic (exact) mass is 307 g/mol. The maximum Gasteiger partial charge on any atom is 0.273 e. The predicted molar refractivity (Wildman–Crippen MR) is 81.4 cm³/mol. The second kappa shape index (κ2) is 6.74. The molecule has 0 saturated heterocycles. The highest BCUT2D eigenvalue weighted by Gasteiger charge is 2.28. The van der Waals surface area contributed by atoms with Gasteiger partial charge in [0.1, 0.15) is 5.76 Å². The van der Waals surface area contributed by atoms with Gasteiger partial charge in [-0.2, -0.15) is 0 Å². The molecule has 1 saturated carbocycles. The number of carbonyl (C=O) groups excluding carboxylic acids is 1. The number of benzene rings is 1. The van der Waals surface area contributed by atoms with E-state index in [1.54, 1.807) is 6.07 Å². The lowest BCUT2D eigenvalue weighted by atomic mass is 10.1. The summed E-state index contributed by atoms with van der Waals surface area (Å²) in [6.07, 6.45) is 2.24. The summed E-state index contributed by atoms with van der Waals surface area (Å²) in [5.41, 5.74) is 7.34. The van der Waals surface area contributed by atoms with Crippen LogP contribution < -0.4 is 11.1 Å². The number of aromatic nitrogens is 1. The number of nitrogens with zero attached hydrogens (tertiary/aromatic N) is 1. The molecule has 6 heteroatoms. The lowest BCUT2D eigenvalue weighted by Gasteiger charge is -2.12. The molecule has 1 unspecified atom stereocenters. The van der Waals surface area contributed by atoms with Crippen molar-refractivity contribution >= 4 is 18.3 Å². The molecule has 1 aromatic heterocycles. The van der Waals surface area contributed by atoms with E-state index in [1.165, 1.54) is 0 Å². The molecule has 1 aliphatic carbocycles. The van der Waals surface area contributed by atoms with E-state index in [9.17, 15) is 4.79 Å². The van der Waals surface area contributed by atoms with Crippen LogP contribution in [0.15, 0.2) is 40.9 Å². The minimum absolute atomic E-state index is 0. The first-order valence-electron chi connectivity index (χ1n) is 6.79. The Morgan fingerprint density at radius 1 is 1.38 bits per heavy atom. The minimum atomic E-state index is -0.243. The van der Waals surface area contributed by atoms with Gasteiger partial charge in [-0.25, -0.2) is 0 Å². The summed E-state index contributed by atoms with van der Waals surface area (Å²) in [6, 6.07) is 11.2. The van der Waals surface area contributed by atoms with Crippen LogP contribution in [0.4, 0.5) is 0 Å². The molecule has 0 aliphatic heterocycles. The molecule has 3 N–H and O–H groups in total. The smallest absolute Gasteiger partial charge is 0.273 e. The van der Waals surface area contributed by atoms with E-state index in [4.69, 9.17) is 10.3 Å². The predicted octanol–water partition coefficient (Wildman–Crippen LogP) is 2.40. The zero-order chi connectivity index (χ0) is 13.9. The molecule has 21 heavy (non-hydrogen) atoms. The van der Waals surface area contributed by atoms with Crippen molar-refractivity contribution in [2.45, 2.75) is 24.8 Å². The standard InChI is InChI=1S/C15H17N3O2.ClH/c16-12(10-4-2-1-3-5-10)9-17-15(19)13-8-14(20-18-13)11-6-7-11;/h1-5,8,11-12H,6-7,9,16H2,(H,17,19);1H. The molecule has 1 atom stereocenters. The lowest BCUT2D eigenvalue weighted by Crippen LogP contribution is -2.32. The van der Waals surface area contributed by atoms with Crippen LogP contribution in [0.2, 0.25) is 0 Å². The number of hydrogen-bond donors (Lipinski definition) is 2. The minimum Gasteiger partial charge on any atom is -0.360 e. The molecule has 0 spiro atoms. The van der Waals surface area contributed by atoms with Crippen LogP contribution in [0.1, 0.15) is 46.6 Å². The van der Waals surface area contributed by atoms with Crippen LogP contribution >= 0.6 is 12.4 Å². The van der Waals surface area contributed by atoms with Gasteiger partial charge >= 0.3 is 0 Å². The first-order valence-corrected chi connectivity index (χ1v) is 6.79. The highest BCUT2D eigenvalue weighted by atomic mass is 35.5. The summed E-state index contributed by atoms with van der Waals surface area (Å²) in [4.78, 5) is 11.9. The fourth-order valence-electron chi connectivity index (χ4n) is 2.07. The Labute approximate surface area is 129 Å². The highest BCUT2D eigenvalue weighted by molar-refractivity contribution is 5.92. The molecule has 2 aromatic rings. The zero-order valence-electron chi connectivity index (χ0n) is 11.5. The Morgan fingerprint density at radius 2 is 2.10 bits per heavy atom. The molecule has 1 fully saturated rings. The maximum absolute atomic E-state index is 11.9. The summed E-state index contributed by atoms with van der Waals surface area (Å²) in [6.45, 7) is 0.370. The Balaban J connectivity index is 0.00000161. The molecular weight excluding hydrogens is 290 g/mol. The number of halogens is 1. The number of nitrogens with two attached hydrogens (primary N) is 1. The first-order chi connectivity index (χ1) is 9.74. The quantitative estimate of drug-likeness (QED) is 0.888. The van der Waals surface area contributed by atoms with Crippen molar-refractivity contribution in [2.24, 2.45) is 5.73 Å². The third kappa shape index (κ3) is 3.83. The molecule has 3 rings (SSSR count). The van der Waals surface area contributed by atoms with Crippen molar-refractivity contribution in [1.29, 1.82) is 0 Å². The lowest BCUT2D eigenvalue weighted by molar-refractivity contribution is 0.0942. The molecule has 1 aromatic carbocycles. The van der Waals surface area contributed by atoms with E-state index in [-0.39, 0.29) is 24.4 Å². The Morgan fingerprint density at radius 3 is 2.76 bits per heavy atom. The third-order valence-corrected chi connectivity index (χ3v) is 3.45. The number of rotatable bonds is 5. The van der Waals surface area contributed by atoms with E-state index >= 15 is 0 Å². The topological polar surface area (TPSA) is 81.1 Å². The first kappa shape index (κ1) is 15.5. The van der Waals surface area contributed by atoms with Crippen molar-refractivity contribution in [3.8, 4) is 0 Å². The maximum atomic E-state index is 11.9. The summed E-state index contributed by atoms with van der Waals surface area (Å²) in [7, 11) is 0. The van der Waals surface area contributed by atoms with Crippen molar-refractivity contribution < 1.29 is 9.32 Å². The van der Waals surface area contributed by atoms with Gasteiger partial charge in [-0.05, 0) is 18.4 Å². The Hall–Kier alpha value is -1.85. The third-order valence-electron chi connectivity index (χ3n) is 3.45. The van der Waals surface area contributed by atoms with Crippen molar-refractivity contribution in [2.75, 3.05) is 6.54 Å². The Kier molecular flexibility index (Phi) is 4.98. The number of nitrogens with one attached hydrogen (secondary N) is 1. The molecule has 112 valence electrons. The molecule has 1 heterocycles. The summed E-state index contributed by atoms with van der Waals surface area (Å²) >= 11 is 0. The summed E-state index contributed by atoms with van der Waals surface area (Å²) < 4.78 is 5.16. The Bertz CT molecular complexity index is 596. The largest absolute Gasteiger partial charge is 0.360 e. The average Bonchev–Trinajstić information content (AvgIpc) is 3.22. The number of carbonyl (C=O) groups is 1. The second-order valence-electron chi connectivity index (χ2n) is 5.12. The van der Waals surface area contributed by atoms with E-state index in [1.807, 2.05) is 30.3 Å². The summed E-state index contributed by atoms with van der Waals surface area (Å²) in [5.74, 6) is 1.02. The fourth-order valence-corrected chi connectivity index (χ4v) is 2.07. The van der Waals surface area contributed by atoms with Crippen LogP contribution in [0.25, 0.3) is 0 Å². The summed E-state index contributed by atoms with van der Waals surface area (Å²) in [5, 5.41) is 6.58. The van der Waals surface area contributed by atoms with Crippen molar-refractivity contribution in [3.05, 3.63) is 53.4 Å². The molecule has 0 radical (unpaired) electrons. The van der Waals surface area contributed by atoms with Gasteiger partial charge in [-0.3, -0.25) is 4.79 Å². The number of hydrogen-bond acceptors (Lipinski definition) is 4. The SMILES string of the molecule is Cl.NC(CNC(=O)c1cc(C2CC2)on1)c1ccccc1. The van der Waals surface area contributed by atoms with E-state index < -0.39 is 0 Å². The van der Waals surface area contributed by atoms with Gasteiger partial charge in [-0.15, -0.1) is 12.4 Å². The van der Waals surface area contributed by atoms with Gasteiger partial charge in [0.15, 0.2) is 5.69 Å². The number of amides is 1. The van der Waals surface area contributed by atoms with E-state index in [0.717, 1.165) is 24.2 Å². The van der Waals surface area contributed by atoms with E-state index in [0.29, 0.717) is 18.2 Å². The van der Waals surface area contributed by atoms with Crippen LogP contribution in [0.3, 0.4) is 0 Å². The molecule has 5 nitrogen and oxygen atoms in total. The van der Waals surface area contributed by atoms with Gasteiger partial charge in [-0.1, -0.05) is 35.5 Å². The van der Waals surface area contributed by atoms with Gasteiger partial charge in [0.25, 0.3) is 5.91 Å². The zero-order valence-corrected chi connectivity index (χ0v) is 12.3. The van der Waals surface area contributed by atoms with Gasteiger partial charge in [0, 0.05) is 24.6 Å². The van der Waals surface area contributed by atoms with Crippen molar-refractivity contribution in [1.82, 2.24) is 10.5 Å². The van der Waals surface area contributed by atoms with Gasteiger partial charge in [0.05, 0.1) is 0 Å². The van der Waals surface area contributed by atoms with Crippen molar-refractivity contribution in [3.63, 3.8) is 0 Å². The van der Waals surface area contributed by atoms with Crippen LogP contribution in [-0.4, -0.2) is 17.6 Å². The van der Waals surface area contributed by atoms with E-state index in [2.05, 4.69) is 10.5 Å². The highest BCUT2D eigenvalue weighted by Crippen LogP contribution is 2.40. The average molecular weight is 308 g/mol. The van der Waals surface area contributed by atoms with Gasteiger partial charge in [0.2, 0.25) is 0 Å². The van der Waals surface area contributed by atoms with Crippen LogP contribution in [0, 0.1) is 0 Å². The normalized spacial score (nSPS) is 15.1. The molecular formula is C15H18ClN3O2. The molecule has 1 aliphatic rings. The van der Waals surface area contributed by atoms with Crippen LogP contribution in [0.5, 0.6) is 0 Å². The fraction of sp³-hybridized carbons (Fsp3) is 0.333.